The van der Waals surface area contributed by atoms with Gasteiger partial charge in [0.05, 0.1) is 0 Å². The maximum atomic E-state index is 12.9. The van der Waals surface area contributed by atoms with E-state index >= 15 is 0 Å². The van der Waals surface area contributed by atoms with Gasteiger partial charge < -0.3 is 0 Å². The van der Waals surface area contributed by atoms with Crippen LogP contribution in [-0.4, -0.2) is 30.5 Å². The van der Waals surface area contributed by atoms with E-state index in [-0.39, 0.29) is 5.70 Å². The zero-order valence-corrected chi connectivity index (χ0v) is 18.5. The summed E-state index contributed by atoms with van der Waals surface area (Å²) >= 11 is 1.46. The second-order valence-corrected chi connectivity index (χ2v) is 8.48. The third-order valence-electron chi connectivity index (χ3n) is 5.30. The molecule has 164 valence electrons. The van der Waals surface area contributed by atoms with Crippen molar-refractivity contribution < 1.29 is 14.3 Å². The van der Waals surface area contributed by atoms with E-state index in [0.717, 1.165) is 16.0 Å². The van der Waals surface area contributed by atoms with Crippen LogP contribution in [0.4, 0.5) is 5.69 Å². The molecule has 0 atom stereocenters. The molecule has 9 heteroatoms. The third-order valence-corrected chi connectivity index (χ3v) is 6.32. The highest BCUT2D eigenvalue weighted by molar-refractivity contribution is 7.19. The lowest BCUT2D eigenvalue weighted by molar-refractivity contribution is -0.428. The molecular weight excluding hydrogens is 448 g/mol. The van der Waals surface area contributed by atoms with E-state index in [1.54, 1.807) is 4.52 Å². The summed E-state index contributed by atoms with van der Waals surface area (Å²) in [7, 11) is 0. The van der Waals surface area contributed by atoms with Gasteiger partial charge >= 0.3 is 11.7 Å². The number of aromatic nitrogens is 4. The molecule has 0 saturated carbocycles. The minimum absolute atomic E-state index is 0.265. The van der Waals surface area contributed by atoms with Crippen molar-refractivity contribution in [3.8, 4) is 21.8 Å². The highest BCUT2D eigenvalue weighted by Crippen LogP contribution is 2.27. The summed E-state index contributed by atoms with van der Waals surface area (Å²) < 4.78 is 3.27. The number of fused-ring (bicyclic) bond motifs is 1. The average molecular weight is 466 g/mol. The molecule has 8 nitrogen and oxygen atoms in total. The summed E-state index contributed by atoms with van der Waals surface area (Å²) in [5.74, 6) is 0.0660. The van der Waals surface area contributed by atoms with Crippen LogP contribution < -0.4 is 5.35 Å². The number of carbonyl (C=O) groups excluding carboxylic acids is 1. The van der Waals surface area contributed by atoms with E-state index in [9.17, 15) is 4.79 Å². The smallest absolute Gasteiger partial charge is 0.284 e. The largest absolute Gasteiger partial charge is 0.440 e. The molecule has 0 amide bonds. The van der Waals surface area contributed by atoms with Crippen molar-refractivity contribution >= 4 is 33.7 Å². The number of H-pyrrole nitrogens is 1. The first-order valence-corrected chi connectivity index (χ1v) is 11.3. The predicted molar refractivity (Wildman–Crippen MR) is 127 cm³/mol. The van der Waals surface area contributed by atoms with Gasteiger partial charge in [0.1, 0.15) is 5.35 Å². The first-order chi connectivity index (χ1) is 16.8. The number of hydrogen-bond donors (Lipinski definition) is 1. The van der Waals surface area contributed by atoms with Gasteiger partial charge in [-0.05, 0) is 16.3 Å². The number of aromatic amines is 1. The van der Waals surface area contributed by atoms with Crippen molar-refractivity contribution in [2.75, 3.05) is 0 Å². The Kier molecular flexibility index (Phi) is 4.93. The van der Waals surface area contributed by atoms with Gasteiger partial charge in [0.2, 0.25) is 15.9 Å². The maximum absolute atomic E-state index is 12.9. The number of carbonyl (C=O) groups is 1. The quantitative estimate of drug-likeness (QED) is 0.392. The number of hydrogen-bond acceptors (Lipinski definition) is 6. The van der Waals surface area contributed by atoms with Crippen molar-refractivity contribution in [2.24, 2.45) is 5.28 Å². The third kappa shape index (κ3) is 3.54. The van der Waals surface area contributed by atoms with Crippen LogP contribution in [0.2, 0.25) is 0 Å². The Hall–Kier alpha value is -4.63. The second kappa shape index (κ2) is 8.38. The maximum Gasteiger partial charge on any atom is 0.440 e. The number of rotatable bonds is 3. The molecule has 1 aliphatic heterocycles. The Morgan fingerprint density at radius 1 is 0.824 bits per heavy atom. The van der Waals surface area contributed by atoms with Gasteiger partial charge in [-0.25, -0.2) is 9.31 Å². The van der Waals surface area contributed by atoms with Gasteiger partial charge in [-0.15, -0.1) is 10.2 Å². The van der Waals surface area contributed by atoms with Crippen molar-refractivity contribution in [3.63, 3.8) is 0 Å². The average Bonchev–Trinajstić information content (AvgIpc) is 3.42. The van der Waals surface area contributed by atoms with Crippen LogP contribution in [0, 0.1) is 0 Å². The molecule has 0 spiro atoms. The van der Waals surface area contributed by atoms with Crippen LogP contribution in [0.3, 0.4) is 0 Å². The molecule has 0 aliphatic carbocycles. The van der Waals surface area contributed by atoms with Crippen LogP contribution >= 0.6 is 11.3 Å². The summed E-state index contributed by atoms with van der Waals surface area (Å²) in [6, 6.07) is 31.0. The Labute approximate surface area is 197 Å². The Morgan fingerprint density at radius 2 is 1.47 bits per heavy atom. The lowest BCUT2D eigenvalue weighted by Gasteiger charge is -1.97. The summed E-state index contributed by atoms with van der Waals surface area (Å²) in [6.07, 6.45) is 0. The molecule has 3 aromatic carbocycles. The van der Waals surface area contributed by atoms with Gasteiger partial charge in [-0.2, -0.15) is 0 Å². The molecule has 0 unspecified atom stereocenters. The summed E-state index contributed by atoms with van der Waals surface area (Å²) in [4.78, 5) is 19.5. The van der Waals surface area contributed by atoms with Crippen molar-refractivity contribution in [1.82, 2.24) is 19.8 Å². The summed E-state index contributed by atoms with van der Waals surface area (Å²) in [5.41, 5.74) is 2.84. The molecule has 1 aliphatic rings. The minimum atomic E-state index is -0.558. The molecule has 5 aromatic rings. The van der Waals surface area contributed by atoms with E-state index in [2.05, 4.69) is 20.6 Å². The van der Waals surface area contributed by atoms with Crippen molar-refractivity contribution in [1.29, 1.82) is 0 Å². The standard InChI is InChI=1S/C25H16N6O2S/c32-24-22(30(29-33-24)19-14-8-3-9-15-19)20-16-21(17-10-4-1-5-11-17)34-25-27-26-23(31(25)28-20)18-12-6-2-7-13-18/h1-16H/p+1. The van der Waals surface area contributed by atoms with Crippen LogP contribution in [0.1, 0.15) is 0 Å². The zero-order chi connectivity index (χ0) is 22.9. The lowest BCUT2D eigenvalue weighted by Crippen LogP contribution is -2.21. The predicted octanol–water partition coefficient (Wildman–Crippen LogP) is 4.67. The Morgan fingerprint density at radius 3 is 2.18 bits per heavy atom. The van der Waals surface area contributed by atoms with Gasteiger partial charge in [0.25, 0.3) is 0 Å². The first kappa shape index (κ1) is 20.0. The van der Waals surface area contributed by atoms with E-state index in [4.69, 9.17) is 4.84 Å². The van der Waals surface area contributed by atoms with Crippen LogP contribution in [0.25, 0.3) is 32.5 Å². The minimum Gasteiger partial charge on any atom is -0.284 e. The number of para-hydroxylation sites is 1. The number of benzene rings is 3. The van der Waals surface area contributed by atoms with Crippen LogP contribution in [0.5, 0.6) is 0 Å². The fourth-order valence-electron chi connectivity index (χ4n) is 3.71. The van der Waals surface area contributed by atoms with Crippen LogP contribution in [-0.2, 0) is 9.63 Å². The summed E-state index contributed by atoms with van der Waals surface area (Å²) in [5, 5.41) is 16.7. The summed E-state index contributed by atoms with van der Waals surface area (Å²) in [6.45, 7) is 0. The lowest BCUT2D eigenvalue weighted by atomic mass is 10.2. The first-order valence-electron chi connectivity index (χ1n) is 10.5. The molecular formula is C25H17N6O2S+. The molecule has 0 bridgehead atoms. The van der Waals surface area contributed by atoms with Gasteiger partial charge in [0.15, 0.2) is 5.82 Å². The monoisotopic (exact) mass is 465 g/mol. The molecule has 0 saturated heterocycles. The highest BCUT2D eigenvalue weighted by atomic mass is 32.1. The molecule has 0 fully saturated rings. The van der Waals surface area contributed by atoms with Crippen molar-refractivity contribution in [2.45, 2.75) is 0 Å². The molecule has 2 aromatic heterocycles. The molecule has 6 rings (SSSR count). The Balaban J connectivity index is 1.71. The molecule has 34 heavy (non-hydrogen) atoms. The normalized spacial score (nSPS) is 14.7. The van der Waals surface area contributed by atoms with E-state index in [1.165, 1.54) is 16.0 Å². The molecule has 3 heterocycles. The molecule has 1 N–H and O–H groups in total. The molecule has 0 radical (unpaired) electrons. The zero-order valence-electron chi connectivity index (χ0n) is 17.7. The van der Waals surface area contributed by atoms with Crippen LogP contribution in [0.15, 0.2) is 102 Å². The topological polar surface area (TPSA) is 87.6 Å². The van der Waals surface area contributed by atoms with Gasteiger partial charge in [-0.1, -0.05) is 90.2 Å². The van der Waals surface area contributed by atoms with Gasteiger partial charge in [0, 0.05) is 22.6 Å². The fourth-order valence-corrected chi connectivity index (χ4v) is 4.64. The highest BCUT2D eigenvalue weighted by Gasteiger charge is 2.38. The van der Waals surface area contributed by atoms with E-state index in [0.29, 0.717) is 21.8 Å². The van der Waals surface area contributed by atoms with E-state index < -0.39 is 5.97 Å². The fraction of sp³-hybridized carbons (Fsp3) is 0. The number of nitrogens with zero attached hydrogens (tertiary/aromatic N) is 5. The van der Waals surface area contributed by atoms with E-state index in [1.807, 2.05) is 97.1 Å². The SMILES string of the molecule is O=C1ON=[N+](c2ccccc2)/C1=c1\cc(-c2ccccc2)sc2nnc(-c3ccccc3)n2[nH]1. The Bertz CT molecular complexity index is 1630. The second-order valence-electron chi connectivity index (χ2n) is 7.47. The van der Waals surface area contributed by atoms with Crippen molar-refractivity contribution in [3.05, 3.63) is 102 Å². The van der Waals surface area contributed by atoms with Gasteiger partial charge in [-0.3, -0.25) is 9.94 Å². The number of nitrogens with one attached hydrogen (secondary N) is 1.